The van der Waals surface area contributed by atoms with Crippen molar-refractivity contribution in [3.8, 4) is 11.6 Å². The zero-order valence-electron chi connectivity index (χ0n) is 11.0. The van der Waals surface area contributed by atoms with Crippen LogP contribution in [0.25, 0.3) is 0 Å². The lowest BCUT2D eigenvalue weighted by atomic mass is 10.3. The van der Waals surface area contributed by atoms with Crippen LogP contribution in [0.5, 0.6) is 11.6 Å². The minimum atomic E-state index is -0.212. The van der Waals surface area contributed by atoms with Gasteiger partial charge in [0.2, 0.25) is 5.88 Å². The number of amides is 1. The molecule has 0 aliphatic heterocycles. The van der Waals surface area contributed by atoms with E-state index in [1.165, 1.54) is 4.90 Å². The first-order valence-corrected chi connectivity index (χ1v) is 6.54. The molecule has 1 amide bonds. The van der Waals surface area contributed by atoms with Gasteiger partial charge in [-0.1, -0.05) is 15.9 Å². The summed E-state index contributed by atoms with van der Waals surface area (Å²) in [5, 5.41) is 7.69. The second-order valence-electron chi connectivity index (χ2n) is 4.28. The van der Waals surface area contributed by atoms with Gasteiger partial charge in [-0.05, 0) is 18.2 Å². The number of rotatable bonds is 3. The second kappa shape index (κ2) is 5.87. The summed E-state index contributed by atoms with van der Waals surface area (Å²) < 4.78 is 6.33. The third-order valence-electron chi connectivity index (χ3n) is 2.38. The third kappa shape index (κ3) is 3.45. The average Bonchev–Trinajstić information content (AvgIpc) is 2.37. The van der Waals surface area contributed by atoms with Crippen LogP contribution in [0, 0.1) is 0 Å². The topological polar surface area (TPSA) is 81.3 Å². The minimum Gasteiger partial charge on any atom is -0.437 e. The van der Waals surface area contributed by atoms with Gasteiger partial charge in [-0.25, -0.2) is 0 Å². The fraction of sp³-hybridized carbons (Fsp3) is 0.154. The SMILES string of the molecule is CN(C)C(=O)c1ccc(Oc2cc(N)cc(Br)c2)nn1. The van der Waals surface area contributed by atoms with E-state index in [0.717, 1.165) is 4.47 Å². The highest BCUT2D eigenvalue weighted by atomic mass is 79.9. The van der Waals surface area contributed by atoms with Crippen molar-refractivity contribution in [1.82, 2.24) is 15.1 Å². The van der Waals surface area contributed by atoms with Crippen LogP contribution in [0.1, 0.15) is 10.5 Å². The number of nitrogens with zero attached hydrogens (tertiary/aromatic N) is 3. The summed E-state index contributed by atoms with van der Waals surface area (Å²) in [5.41, 5.74) is 6.55. The van der Waals surface area contributed by atoms with Crippen molar-refractivity contribution in [1.29, 1.82) is 0 Å². The van der Waals surface area contributed by atoms with Gasteiger partial charge < -0.3 is 15.4 Å². The number of hydrogen-bond acceptors (Lipinski definition) is 5. The molecule has 1 aromatic carbocycles. The Morgan fingerprint density at radius 2 is 2.00 bits per heavy atom. The lowest BCUT2D eigenvalue weighted by molar-refractivity contribution is 0.0820. The molecule has 104 valence electrons. The zero-order chi connectivity index (χ0) is 14.7. The van der Waals surface area contributed by atoms with Gasteiger partial charge in [0.15, 0.2) is 5.69 Å². The molecule has 2 rings (SSSR count). The van der Waals surface area contributed by atoms with Crippen LogP contribution in [0.2, 0.25) is 0 Å². The predicted molar refractivity (Wildman–Crippen MR) is 78.7 cm³/mol. The lowest BCUT2D eigenvalue weighted by Crippen LogP contribution is -2.23. The highest BCUT2D eigenvalue weighted by Gasteiger charge is 2.10. The number of nitrogen functional groups attached to an aromatic ring is 1. The summed E-state index contributed by atoms with van der Waals surface area (Å²) in [6, 6.07) is 8.34. The summed E-state index contributed by atoms with van der Waals surface area (Å²) in [7, 11) is 3.30. The lowest BCUT2D eigenvalue weighted by Gasteiger charge is -2.09. The summed E-state index contributed by atoms with van der Waals surface area (Å²) in [5.74, 6) is 0.617. The van der Waals surface area contributed by atoms with Crippen LogP contribution in [0.4, 0.5) is 5.69 Å². The van der Waals surface area contributed by atoms with E-state index in [0.29, 0.717) is 11.4 Å². The van der Waals surface area contributed by atoms with Gasteiger partial charge in [0.05, 0.1) is 0 Å². The van der Waals surface area contributed by atoms with Crippen LogP contribution in [-0.4, -0.2) is 35.1 Å². The number of benzene rings is 1. The van der Waals surface area contributed by atoms with Gasteiger partial charge in [0.25, 0.3) is 5.91 Å². The minimum absolute atomic E-state index is 0.212. The van der Waals surface area contributed by atoms with E-state index in [1.54, 1.807) is 44.4 Å². The van der Waals surface area contributed by atoms with Crippen LogP contribution in [0.15, 0.2) is 34.8 Å². The number of carbonyl (C=O) groups excluding carboxylic acids is 1. The maximum absolute atomic E-state index is 11.7. The fourth-order valence-corrected chi connectivity index (χ4v) is 1.97. The monoisotopic (exact) mass is 336 g/mol. The Morgan fingerprint density at radius 1 is 1.25 bits per heavy atom. The molecule has 0 unspecified atom stereocenters. The van der Waals surface area contributed by atoms with E-state index in [4.69, 9.17) is 10.5 Å². The van der Waals surface area contributed by atoms with Gasteiger partial charge in [-0.3, -0.25) is 4.79 Å². The first-order valence-electron chi connectivity index (χ1n) is 5.75. The van der Waals surface area contributed by atoms with Crippen molar-refractivity contribution in [2.75, 3.05) is 19.8 Å². The van der Waals surface area contributed by atoms with Gasteiger partial charge in [-0.2, -0.15) is 0 Å². The van der Waals surface area contributed by atoms with E-state index < -0.39 is 0 Å². The molecule has 0 spiro atoms. The van der Waals surface area contributed by atoms with Crippen molar-refractivity contribution < 1.29 is 9.53 Å². The highest BCUT2D eigenvalue weighted by molar-refractivity contribution is 9.10. The number of ether oxygens (including phenoxy) is 1. The number of carbonyl (C=O) groups is 1. The van der Waals surface area contributed by atoms with E-state index in [1.807, 2.05) is 0 Å². The molecule has 1 aromatic heterocycles. The van der Waals surface area contributed by atoms with Crippen molar-refractivity contribution in [3.63, 3.8) is 0 Å². The molecule has 0 atom stereocenters. The molecule has 1 heterocycles. The van der Waals surface area contributed by atoms with Crippen LogP contribution in [-0.2, 0) is 0 Å². The van der Waals surface area contributed by atoms with E-state index in [-0.39, 0.29) is 17.5 Å². The van der Waals surface area contributed by atoms with E-state index >= 15 is 0 Å². The van der Waals surface area contributed by atoms with Gasteiger partial charge in [0.1, 0.15) is 5.75 Å². The van der Waals surface area contributed by atoms with Gasteiger partial charge >= 0.3 is 0 Å². The molecule has 0 radical (unpaired) electrons. The summed E-state index contributed by atoms with van der Waals surface area (Å²) >= 11 is 3.33. The maximum Gasteiger partial charge on any atom is 0.273 e. The quantitative estimate of drug-likeness (QED) is 0.870. The van der Waals surface area contributed by atoms with Crippen molar-refractivity contribution >= 4 is 27.5 Å². The predicted octanol–water partition coefficient (Wildman–Crippen LogP) is 2.32. The molecular formula is C13H13BrN4O2. The molecular weight excluding hydrogens is 324 g/mol. The number of anilines is 1. The summed E-state index contributed by atoms with van der Waals surface area (Å²) in [6.45, 7) is 0. The number of aromatic nitrogens is 2. The van der Waals surface area contributed by atoms with Crippen molar-refractivity contribution in [2.45, 2.75) is 0 Å². The average molecular weight is 337 g/mol. The Morgan fingerprint density at radius 3 is 2.55 bits per heavy atom. The van der Waals surface area contributed by atoms with Crippen LogP contribution < -0.4 is 10.5 Å². The Bertz CT molecular complexity index is 609. The van der Waals surface area contributed by atoms with Gasteiger partial charge in [0, 0.05) is 36.4 Å². The molecule has 20 heavy (non-hydrogen) atoms. The molecule has 2 aromatic rings. The van der Waals surface area contributed by atoms with E-state index in [2.05, 4.69) is 26.1 Å². The van der Waals surface area contributed by atoms with Crippen molar-refractivity contribution in [3.05, 3.63) is 40.5 Å². The summed E-state index contributed by atoms with van der Waals surface area (Å²) in [6.07, 6.45) is 0. The van der Waals surface area contributed by atoms with Gasteiger partial charge in [-0.15, -0.1) is 10.2 Å². The highest BCUT2D eigenvalue weighted by Crippen LogP contribution is 2.26. The molecule has 0 saturated carbocycles. The first-order chi connectivity index (χ1) is 9.45. The number of hydrogen-bond donors (Lipinski definition) is 1. The number of halogens is 1. The van der Waals surface area contributed by atoms with Crippen LogP contribution >= 0.6 is 15.9 Å². The fourth-order valence-electron chi connectivity index (χ4n) is 1.48. The molecule has 2 N–H and O–H groups in total. The molecule has 0 aliphatic rings. The van der Waals surface area contributed by atoms with Crippen molar-refractivity contribution in [2.24, 2.45) is 0 Å². The molecule has 0 saturated heterocycles. The Balaban J connectivity index is 2.16. The molecule has 6 nitrogen and oxygen atoms in total. The van der Waals surface area contributed by atoms with E-state index in [9.17, 15) is 4.79 Å². The van der Waals surface area contributed by atoms with Crippen LogP contribution in [0.3, 0.4) is 0 Å². The number of nitrogens with two attached hydrogens (primary N) is 1. The normalized spacial score (nSPS) is 10.2. The second-order valence-corrected chi connectivity index (χ2v) is 5.19. The molecule has 0 aliphatic carbocycles. The Hall–Kier alpha value is -2.15. The molecule has 0 bridgehead atoms. The summed E-state index contributed by atoms with van der Waals surface area (Å²) in [4.78, 5) is 13.1. The Labute approximate surface area is 124 Å². The standard InChI is InChI=1S/C13H13BrN4O2/c1-18(2)13(19)11-3-4-12(17-16-11)20-10-6-8(14)5-9(15)7-10/h3-7H,15H2,1-2H3. The first kappa shape index (κ1) is 14.3. The molecule has 7 heteroatoms. The molecule has 0 fully saturated rings. The maximum atomic E-state index is 11.7. The smallest absolute Gasteiger partial charge is 0.273 e. The Kier molecular flexibility index (Phi) is 4.19. The third-order valence-corrected chi connectivity index (χ3v) is 2.84. The zero-order valence-corrected chi connectivity index (χ0v) is 12.6. The largest absolute Gasteiger partial charge is 0.437 e.